The second-order valence-electron chi connectivity index (χ2n) is 15.5. The molecule has 5 heterocycles. The SMILES string of the molecule is C=CCn1c(=O)c2cnc(Nc3ccc(N4CCN(C5CCN(C6CCC(CC(=O)OCC)CC6)CC5)CC4)cc3)nc2n1-c1cccc(C(C)(C)O)n1. The van der Waals surface area contributed by atoms with Crippen LogP contribution >= 0.6 is 0 Å². The number of anilines is 3. The van der Waals surface area contributed by atoms with E-state index in [4.69, 9.17) is 9.72 Å². The van der Waals surface area contributed by atoms with E-state index in [-0.39, 0.29) is 18.1 Å². The Kier molecular flexibility index (Phi) is 11.5. The minimum atomic E-state index is -1.16. The molecule has 13 heteroatoms. The minimum absolute atomic E-state index is 0.0347. The van der Waals surface area contributed by atoms with E-state index < -0.39 is 5.60 Å². The van der Waals surface area contributed by atoms with E-state index in [0.717, 1.165) is 44.7 Å². The van der Waals surface area contributed by atoms with Gasteiger partial charge in [-0.25, -0.2) is 19.3 Å². The van der Waals surface area contributed by atoms with Crippen molar-refractivity contribution in [3.8, 4) is 5.82 Å². The summed E-state index contributed by atoms with van der Waals surface area (Å²) in [4.78, 5) is 47.1. The molecule has 0 bridgehead atoms. The maximum Gasteiger partial charge on any atom is 0.306 e. The van der Waals surface area contributed by atoms with Crippen molar-refractivity contribution >= 4 is 34.3 Å². The molecule has 2 N–H and O–H groups in total. The standard InChI is InChI=1S/C41H55N9O4/c1-5-20-49-39(52)34-28-42-40(45-38(34)50(49)36-9-7-8-35(44-36)41(3,4)53)43-30-12-16-32(17-13-30)47-23-25-48(26-24-47)33-18-21-46(22-19-33)31-14-10-29(11-15-31)27-37(51)54-6-2/h5,7-9,12-13,16-17,28-29,31,33,53H,1,6,10-11,14-15,18-27H2,2-4H3,(H,42,43,45). The Balaban J connectivity index is 0.932. The van der Waals surface area contributed by atoms with Crippen LogP contribution in [-0.4, -0.2) is 103 Å². The number of nitrogens with one attached hydrogen (secondary N) is 1. The lowest BCUT2D eigenvalue weighted by molar-refractivity contribution is -0.144. The number of benzene rings is 1. The van der Waals surface area contributed by atoms with Crippen LogP contribution in [-0.2, 0) is 21.7 Å². The smallest absolute Gasteiger partial charge is 0.306 e. The van der Waals surface area contributed by atoms with Gasteiger partial charge in [-0.05, 0) is 115 Å². The number of carbonyl (C=O) groups is 1. The largest absolute Gasteiger partial charge is 0.466 e. The maximum atomic E-state index is 13.4. The lowest BCUT2D eigenvalue weighted by Crippen LogP contribution is -2.54. The van der Waals surface area contributed by atoms with E-state index in [1.165, 1.54) is 49.1 Å². The second-order valence-corrected chi connectivity index (χ2v) is 15.5. The number of piperidine rings is 1. The van der Waals surface area contributed by atoms with E-state index in [2.05, 4.69) is 48.7 Å². The number of likely N-dealkylation sites (tertiary alicyclic amines) is 1. The highest BCUT2D eigenvalue weighted by Gasteiger charge is 2.33. The molecule has 2 saturated heterocycles. The van der Waals surface area contributed by atoms with Crippen molar-refractivity contribution in [1.29, 1.82) is 0 Å². The molecule has 7 rings (SSSR count). The van der Waals surface area contributed by atoms with Crippen LogP contribution in [0.15, 0.2) is 66.1 Å². The maximum absolute atomic E-state index is 13.4. The number of carbonyl (C=O) groups excluding carboxylic acids is 1. The first kappa shape index (κ1) is 37.7. The third-order valence-electron chi connectivity index (χ3n) is 11.5. The van der Waals surface area contributed by atoms with Gasteiger partial charge in [-0.1, -0.05) is 12.1 Å². The number of rotatable bonds is 12. The number of piperazine rings is 1. The van der Waals surface area contributed by atoms with Gasteiger partial charge in [0.15, 0.2) is 11.5 Å². The van der Waals surface area contributed by atoms with Gasteiger partial charge in [-0.15, -0.1) is 6.58 Å². The molecule has 1 aromatic carbocycles. The van der Waals surface area contributed by atoms with Crippen molar-refractivity contribution in [2.75, 3.05) is 56.1 Å². The minimum Gasteiger partial charge on any atom is -0.466 e. The fourth-order valence-electron chi connectivity index (χ4n) is 8.51. The van der Waals surface area contributed by atoms with Crippen LogP contribution in [0.5, 0.6) is 0 Å². The average Bonchev–Trinajstić information content (AvgIpc) is 3.45. The van der Waals surface area contributed by atoms with Gasteiger partial charge < -0.3 is 25.0 Å². The number of pyridine rings is 1. The number of allylic oxidation sites excluding steroid dienone is 1. The predicted octanol–water partition coefficient (Wildman–Crippen LogP) is 5.23. The van der Waals surface area contributed by atoms with E-state index in [9.17, 15) is 14.7 Å². The summed E-state index contributed by atoms with van der Waals surface area (Å²) in [5.41, 5.74) is 1.53. The van der Waals surface area contributed by atoms with Crippen LogP contribution in [0, 0.1) is 5.92 Å². The zero-order valence-electron chi connectivity index (χ0n) is 32.0. The van der Waals surface area contributed by atoms with E-state index in [1.807, 2.05) is 19.1 Å². The van der Waals surface area contributed by atoms with E-state index >= 15 is 0 Å². The summed E-state index contributed by atoms with van der Waals surface area (Å²) in [6.45, 7) is 16.3. The Bertz CT molecular complexity index is 1960. The Labute approximate surface area is 317 Å². The average molecular weight is 738 g/mol. The van der Waals surface area contributed by atoms with Crippen LogP contribution in [0.1, 0.15) is 71.4 Å². The highest BCUT2D eigenvalue weighted by Crippen LogP contribution is 2.32. The van der Waals surface area contributed by atoms with Crippen LogP contribution in [0.3, 0.4) is 0 Å². The van der Waals surface area contributed by atoms with Crippen molar-refractivity contribution in [3.05, 3.63) is 77.4 Å². The van der Waals surface area contributed by atoms with Gasteiger partial charge in [0.1, 0.15) is 11.0 Å². The lowest BCUT2D eigenvalue weighted by atomic mass is 9.83. The summed E-state index contributed by atoms with van der Waals surface area (Å²) >= 11 is 0. The molecule has 0 spiro atoms. The van der Waals surface area contributed by atoms with Gasteiger partial charge in [-0.2, -0.15) is 4.98 Å². The third-order valence-corrected chi connectivity index (χ3v) is 11.5. The van der Waals surface area contributed by atoms with Gasteiger partial charge in [0.2, 0.25) is 5.95 Å². The van der Waals surface area contributed by atoms with Gasteiger partial charge >= 0.3 is 5.97 Å². The van der Waals surface area contributed by atoms with Gasteiger partial charge in [0, 0.05) is 62.3 Å². The van der Waals surface area contributed by atoms with Crippen molar-refractivity contribution in [2.45, 2.75) is 89.9 Å². The first-order valence-electron chi connectivity index (χ1n) is 19.7. The van der Waals surface area contributed by atoms with Gasteiger partial charge in [0.05, 0.1) is 18.8 Å². The molecule has 0 atom stereocenters. The second kappa shape index (κ2) is 16.4. The number of hydrogen-bond donors (Lipinski definition) is 2. The molecule has 1 aliphatic carbocycles. The summed E-state index contributed by atoms with van der Waals surface area (Å²) in [5, 5.41) is 14.3. The predicted molar refractivity (Wildman–Crippen MR) is 211 cm³/mol. The number of fused-ring (bicyclic) bond motifs is 1. The molecular formula is C41H55N9O4. The van der Waals surface area contributed by atoms with Gasteiger partial charge in [-0.3, -0.25) is 14.5 Å². The fraction of sp³-hybridized carbons (Fsp3) is 0.537. The molecular weight excluding hydrogens is 683 g/mol. The molecule has 2 aliphatic heterocycles. The first-order valence-corrected chi connectivity index (χ1v) is 19.7. The highest BCUT2D eigenvalue weighted by molar-refractivity contribution is 5.77. The Morgan fingerprint density at radius 3 is 2.30 bits per heavy atom. The molecule has 0 amide bonds. The molecule has 1 saturated carbocycles. The molecule has 3 aromatic heterocycles. The van der Waals surface area contributed by atoms with Crippen LogP contribution in [0.4, 0.5) is 17.3 Å². The normalized spacial score (nSPS) is 20.6. The number of ether oxygens (including phenoxy) is 1. The molecule has 288 valence electrons. The highest BCUT2D eigenvalue weighted by atomic mass is 16.5. The van der Waals surface area contributed by atoms with Crippen molar-refractivity contribution in [3.63, 3.8) is 0 Å². The molecule has 0 unspecified atom stereocenters. The summed E-state index contributed by atoms with van der Waals surface area (Å²) in [6, 6.07) is 15.0. The Hall–Kier alpha value is -4.59. The third kappa shape index (κ3) is 8.38. The lowest BCUT2D eigenvalue weighted by Gasteiger charge is -2.45. The number of aromatic nitrogens is 5. The number of esters is 1. The topological polar surface area (TPSA) is 134 Å². The molecule has 0 radical (unpaired) electrons. The van der Waals surface area contributed by atoms with Crippen LogP contribution in [0.25, 0.3) is 16.9 Å². The number of nitrogens with zero attached hydrogens (tertiary/aromatic N) is 8. The zero-order valence-corrected chi connectivity index (χ0v) is 32.0. The van der Waals surface area contributed by atoms with Crippen LogP contribution in [0.2, 0.25) is 0 Å². The van der Waals surface area contributed by atoms with Crippen molar-refractivity contribution in [1.82, 2.24) is 34.1 Å². The Morgan fingerprint density at radius 1 is 0.944 bits per heavy atom. The molecule has 54 heavy (non-hydrogen) atoms. The first-order chi connectivity index (χ1) is 26.1. The quantitative estimate of drug-likeness (QED) is 0.146. The number of aliphatic hydroxyl groups is 1. The number of hydrogen-bond acceptors (Lipinski definition) is 11. The molecule has 13 nitrogen and oxygen atoms in total. The molecule has 3 fully saturated rings. The van der Waals surface area contributed by atoms with E-state index in [0.29, 0.717) is 59.5 Å². The fourth-order valence-corrected chi connectivity index (χ4v) is 8.51. The van der Waals surface area contributed by atoms with Crippen LogP contribution < -0.4 is 15.8 Å². The van der Waals surface area contributed by atoms with Gasteiger partial charge in [0.25, 0.3) is 5.56 Å². The summed E-state index contributed by atoms with van der Waals surface area (Å²) < 4.78 is 8.36. The van der Waals surface area contributed by atoms with Crippen molar-refractivity contribution in [2.24, 2.45) is 5.92 Å². The zero-order chi connectivity index (χ0) is 37.8. The monoisotopic (exact) mass is 737 g/mol. The van der Waals surface area contributed by atoms with Crippen molar-refractivity contribution < 1.29 is 14.6 Å². The Morgan fingerprint density at radius 2 is 1.63 bits per heavy atom. The summed E-state index contributed by atoms with van der Waals surface area (Å²) in [6.07, 6.45) is 10.9. The van der Waals surface area contributed by atoms with E-state index in [1.54, 1.807) is 49.0 Å². The molecule has 4 aromatic rings. The molecule has 3 aliphatic rings. The summed E-state index contributed by atoms with van der Waals surface area (Å²) in [5.74, 6) is 1.28. The summed E-state index contributed by atoms with van der Waals surface area (Å²) in [7, 11) is 0.